The normalized spacial score (nSPS) is 13.8. The summed E-state index contributed by atoms with van der Waals surface area (Å²) in [6, 6.07) is 93.1. The fourth-order valence-corrected chi connectivity index (χ4v) is 17.7. The summed E-state index contributed by atoms with van der Waals surface area (Å²) in [5.74, 6) is 0.337. The summed E-state index contributed by atoms with van der Waals surface area (Å²) in [7, 11) is 0. The third kappa shape index (κ3) is 13.8. The summed E-state index contributed by atoms with van der Waals surface area (Å²) < 4.78 is 0. The number of fused-ring (bicyclic) bond motifs is 2. The Balaban J connectivity index is 0.788. The van der Waals surface area contributed by atoms with Gasteiger partial charge in [-0.3, -0.25) is 0 Å². The summed E-state index contributed by atoms with van der Waals surface area (Å²) in [6.07, 6.45) is 3.49. The van der Waals surface area contributed by atoms with Crippen molar-refractivity contribution < 1.29 is 0 Å². The second kappa shape index (κ2) is 28.2. The van der Waals surface area contributed by atoms with Gasteiger partial charge < -0.3 is 19.6 Å². The predicted molar refractivity (Wildman–Crippen MR) is 479 cm³/mol. The van der Waals surface area contributed by atoms with Gasteiger partial charge in [0, 0.05) is 57.1 Å². The first-order valence-electron chi connectivity index (χ1n) is 39.8. The average Bonchev–Trinajstić information content (AvgIpc) is 0.719. The molecule has 1 unspecified atom stereocenters. The number of aryl methyl sites for hydroxylation is 8. The Morgan fingerprint density at radius 2 is 0.527 bits per heavy atom. The lowest BCUT2D eigenvalue weighted by Crippen LogP contribution is -2.27. The van der Waals surface area contributed by atoms with Crippen molar-refractivity contribution in [3.8, 4) is 22.3 Å². The van der Waals surface area contributed by atoms with Crippen LogP contribution >= 0.6 is 0 Å². The number of hydrogen-bond acceptors (Lipinski definition) is 4. The van der Waals surface area contributed by atoms with Gasteiger partial charge in [0.05, 0.1) is 17.1 Å². The highest BCUT2D eigenvalue weighted by molar-refractivity contribution is 6.35. The average molecular weight is 1440 g/mol. The molecule has 4 nitrogen and oxygen atoms in total. The molecule has 14 aromatic rings. The molecule has 110 heavy (non-hydrogen) atoms. The van der Waals surface area contributed by atoms with Crippen LogP contribution in [0, 0.1) is 66.7 Å². The van der Waals surface area contributed by atoms with E-state index >= 15 is 0 Å². The highest BCUT2D eigenvalue weighted by Gasteiger charge is 2.32. The van der Waals surface area contributed by atoms with Gasteiger partial charge in [-0.25, -0.2) is 0 Å². The van der Waals surface area contributed by atoms with Crippen LogP contribution in [-0.4, -0.2) is 0 Å². The predicted octanol–water partition coefficient (Wildman–Crippen LogP) is 31.3. The summed E-state index contributed by atoms with van der Waals surface area (Å²) in [5, 5.41) is 10.2. The number of nitrogens with zero attached hydrogens (tertiary/aromatic N) is 4. The molecule has 14 aromatic carbocycles. The van der Waals surface area contributed by atoms with Crippen LogP contribution in [0.15, 0.2) is 266 Å². The highest BCUT2D eigenvalue weighted by Crippen LogP contribution is 2.51. The van der Waals surface area contributed by atoms with Crippen LogP contribution in [0.4, 0.5) is 62.6 Å². The van der Waals surface area contributed by atoms with Gasteiger partial charge in [0.25, 0.3) is 0 Å². The maximum Gasteiger partial charge on any atom is 0.0520 e. The van der Waals surface area contributed by atoms with Crippen LogP contribution in [0.3, 0.4) is 0 Å². The lowest BCUT2D eigenvalue weighted by Gasteiger charge is -2.38. The first-order chi connectivity index (χ1) is 52.2. The Hall–Kier alpha value is -10.9. The van der Waals surface area contributed by atoms with Crippen molar-refractivity contribution in [2.45, 2.75) is 175 Å². The van der Waals surface area contributed by atoms with Crippen LogP contribution in [0.25, 0.3) is 65.3 Å². The Morgan fingerprint density at radius 1 is 0.273 bits per heavy atom. The van der Waals surface area contributed by atoms with E-state index in [1.54, 1.807) is 0 Å². The molecule has 0 radical (unpaired) electrons. The molecular weight excluding hydrogens is 1330 g/mol. The largest absolute Gasteiger partial charge is 0.314 e. The molecule has 0 N–H and O–H groups in total. The minimum atomic E-state index is 0.000919. The van der Waals surface area contributed by atoms with Crippen LogP contribution in [0.5, 0.6) is 0 Å². The summed E-state index contributed by atoms with van der Waals surface area (Å²) in [5.41, 5.74) is 35.8. The van der Waals surface area contributed by atoms with Gasteiger partial charge in [-0.05, 0) is 308 Å². The first-order valence-corrected chi connectivity index (χ1v) is 39.8. The number of benzene rings is 14. The third-order valence-corrected chi connectivity index (χ3v) is 23.6. The molecule has 554 valence electrons. The Kier molecular flexibility index (Phi) is 19.1. The number of hydrogen-bond donors (Lipinski definition) is 0. The molecule has 0 aromatic heterocycles. The zero-order chi connectivity index (χ0) is 77.9. The summed E-state index contributed by atoms with van der Waals surface area (Å²) >= 11 is 0. The molecule has 0 bridgehead atoms. The van der Waals surface area contributed by atoms with Crippen molar-refractivity contribution in [3.05, 3.63) is 327 Å². The maximum absolute atomic E-state index is 2.52. The van der Waals surface area contributed by atoms with Crippen molar-refractivity contribution >= 4 is 106 Å². The fourth-order valence-electron chi connectivity index (χ4n) is 17.7. The van der Waals surface area contributed by atoms with Crippen LogP contribution in [0.1, 0.15) is 165 Å². The van der Waals surface area contributed by atoms with E-state index in [4.69, 9.17) is 0 Å². The molecule has 0 heterocycles. The Labute approximate surface area is 656 Å². The van der Waals surface area contributed by atoms with Gasteiger partial charge in [0.2, 0.25) is 0 Å². The van der Waals surface area contributed by atoms with E-state index in [1.807, 2.05) is 0 Å². The van der Waals surface area contributed by atoms with Crippen molar-refractivity contribution in [1.29, 1.82) is 0 Å². The zero-order valence-electron chi connectivity index (χ0n) is 69.2. The van der Waals surface area contributed by atoms with E-state index in [0.29, 0.717) is 5.92 Å². The van der Waals surface area contributed by atoms with Crippen LogP contribution in [0.2, 0.25) is 0 Å². The Morgan fingerprint density at radius 3 is 0.800 bits per heavy atom. The lowest BCUT2D eigenvalue weighted by atomic mass is 9.76. The zero-order valence-corrected chi connectivity index (χ0v) is 69.2. The molecule has 4 heteroatoms. The first kappa shape index (κ1) is 74.5. The molecule has 0 saturated carbocycles. The van der Waals surface area contributed by atoms with E-state index in [2.05, 4.69) is 421 Å². The SMILES string of the molecule is CC1=C(N(c2ccc(C)cc2)c2ccc(N(c3ccc(-c4ccc5c6ccc(-c7ccc(N(c8ccc(N(c9ccc(C)cc9)c9c(C)cc(C(C)(C)C)cc9C)cc8)c8c(C)cc(C(C)(C)C)cc8C)cc7)c7cccc(c8cccc4c85)c76)cc3)c3c(C)cc(C(C)(C)C)cc3C)cc2)C(C)CC(C(C)(C)C)=C1. The second-order valence-electron chi connectivity index (χ2n) is 36.1. The van der Waals surface area contributed by atoms with Gasteiger partial charge in [-0.2, -0.15) is 0 Å². The molecule has 0 amide bonds. The standard InChI is InChI=1S/C106H110N4/c1-65-29-37-81(38-30-65)107(99-67(3)57-77(58-68(99)4)103(11,12)13)85-45-49-87(50-46-85)109(101-71(7)61-79(62-72(101)8)105(17,18)19)83-41-33-75(34-42-83)89-53-55-95-96-56-54-90(92-26-24-28-94(98(92)96)93-27-23-25-91(89)97(93)95)76-35-43-84(44-36-76)110(102-73(9)63-80(64-74(102)10)106(20,21)22)88-51-47-86(48-52-88)108(82-39-31-66(2)32-40-82)100-69(5)59-78(60-70(100)6)104(14,15)16/h23-59,61-64,70H,60H2,1-22H3. The lowest BCUT2D eigenvalue weighted by molar-refractivity contribution is 0.451. The van der Waals surface area contributed by atoms with Gasteiger partial charge >= 0.3 is 0 Å². The van der Waals surface area contributed by atoms with Crippen LogP contribution in [-0.2, 0) is 16.2 Å². The molecule has 0 saturated heterocycles. The van der Waals surface area contributed by atoms with Gasteiger partial charge in [-0.1, -0.05) is 258 Å². The monoisotopic (exact) mass is 1440 g/mol. The molecule has 1 aliphatic carbocycles. The van der Waals surface area contributed by atoms with Crippen molar-refractivity contribution in [3.63, 3.8) is 0 Å². The molecule has 15 rings (SSSR count). The van der Waals surface area contributed by atoms with E-state index in [1.165, 1.54) is 166 Å². The third-order valence-electron chi connectivity index (χ3n) is 23.6. The highest BCUT2D eigenvalue weighted by atomic mass is 15.2. The second-order valence-corrected chi connectivity index (χ2v) is 36.1. The molecule has 0 spiro atoms. The van der Waals surface area contributed by atoms with Gasteiger partial charge in [0.15, 0.2) is 0 Å². The maximum atomic E-state index is 2.52. The Bertz CT molecular complexity index is 5830. The van der Waals surface area contributed by atoms with Crippen molar-refractivity contribution in [2.24, 2.45) is 11.3 Å². The minimum Gasteiger partial charge on any atom is -0.314 e. The van der Waals surface area contributed by atoms with E-state index in [-0.39, 0.29) is 21.7 Å². The summed E-state index contributed by atoms with van der Waals surface area (Å²) in [6.45, 7) is 50.6. The fraction of sp³-hybridized carbons (Fsp3) is 0.264. The smallest absolute Gasteiger partial charge is 0.0520 e. The van der Waals surface area contributed by atoms with Gasteiger partial charge in [-0.15, -0.1) is 0 Å². The molecular formula is C106H110N4. The van der Waals surface area contributed by atoms with Crippen LogP contribution < -0.4 is 19.6 Å². The summed E-state index contributed by atoms with van der Waals surface area (Å²) in [4.78, 5) is 9.93. The molecule has 0 fully saturated rings. The number of rotatable bonds is 14. The van der Waals surface area contributed by atoms with Crippen molar-refractivity contribution in [2.75, 3.05) is 19.6 Å². The molecule has 1 atom stereocenters. The molecule has 0 aliphatic heterocycles. The molecule has 1 aliphatic rings. The number of anilines is 11. The van der Waals surface area contributed by atoms with E-state index < -0.39 is 0 Å². The quantitative estimate of drug-likeness (QED) is 0.0795. The van der Waals surface area contributed by atoms with E-state index in [9.17, 15) is 0 Å². The van der Waals surface area contributed by atoms with Gasteiger partial charge in [0.1, 0.15) is 0 Å². The topological polar surface area (TPSA) is 13.0 Å². The number of allylic oxidation sites excluding steroid dienone is 4. The van der Waals surface area contributed by atoms with Crippen molar-refractivity contribution in [1.82, 2.24) is 0 Å². The van der Waals surface area contributed by atoms with E-state index in [0.717, 1.165) is 46.2 Å². The minimum absolute atomic E-state index is 0.000919.